The predicted octanol–water partition coefficient (Wildman–Crippen LogP) is 5.40. The number of carbonyl (C=O) groups excluding carboxylic acids is 1. The van der Waals surface area contributed by atoms with Crippen LogP contribution < -0.4 is 10.9 Å². The number of nitrogens with zero attached hydrogens (tertiary/aromatic N) is 1. The molecule has 0 saturated heterocycles. The summed E-state index contributed by atoms with van der Waals surface area (Å²) < 4.78 is 13.7. The Kier molecular flexibility index (Phi) is 5.80. The summed E-state index contributed by atoms with van der Waals surface area (Å²) in [5.41, 5.74) is 4.60. The van der Waals surface area contributed by atoms with Crippen molar-refractivity contribution in [2.75, 3.05) is 11.1 Å². The second kappa shape index (κ2) is 8.88. The van der Waals surface area contributed by atoms with Crippen LogP contribution in [0.3, 0.4) is 0 Å². The zero-order chi connectivity index (χ0) is 22.1. The van der Waals surface area contributed by atoms with Crippen molar-refractivity contribution in [3.8, 4) is 11.1 Å². The van der Waals surface area contributed by atoms with Crippen LogP contribution in [0.25, 0.3) is 21.3 Å². The maximum absolute atomic E-state index is 13.7. The monoisotopic (exact) mass is 465 g/mol. The number of halogens is 1. The molecule has 32 heavy (non-hydrogen) atoms. The van der Waals surface area contributed by atoms with Gasteiger partial charge in [0.2, 0.25) is 5.91 Å². The second-order valence-corrected chi connectivity index (χ2v) is 9.53. The molecule has 2 heterocycles. The predicted molar refractivity (Wildman–Crippen MR) is 128 cm³/mol. The van der Waals surface area contributed by atoms with Gasteiger partial charge in [0.25, 0.3) is 5.56 Å². The lowest BCUT2D eigenvalue weighted by Crippen LogP contribution is -2.16. The Morgan fingerprint density at radius 2 is 1.97 bits per heavy atom. The van der Waals surface area contributed by atoms with Crippen LogP contribution in [-0.4, -0.2) is 21.6 Å². The highest BCUT2D eigenvalue weighted by Crippen LogP contribution is 2.34. The number of anilines is 1. The highest BCUT2D eigenvalue weighted by Gasteiger charge is 2.16. The first kappa shape index (κ1) is 20.9. The van der Waals surface area contributed by atoms with Crippen molar-refractivity contribution in [1.29, 1.82) is 0 Å². The number of thioether (sulfide) groups is 1. The number of rotatable bonds is 5. The zero-order valence-corrected chi connectivity index (χ0v) is 18.7. The molecular weight excluding hydrogens is 445 g/mol. The lowest BCUT2D eigenvalue weighted by Gasteiger charge is -2.16. The van der Waals surface area contributed by atoms with Crippen LogP contribution >= 0.6 is 23.1 Å². The van der Waals surface area contributed by atoms with Crippen LogP contribution in [-0.2, 0) is 17.6 Å². The molecule has 0 spiro atoms. The Bertz CT molecular complexity index is 1380. The van der Waals surface area contributed by atoms with Crippen LogP contribution in [0.4, 0.5) is 10.1 Å². The summed E-state index contributed by atoms with van der Waals surface area (Å²) in [6.07, 6.45) is 4.63. The normalized spacial score (nSPS) is 13.2. The first-order valence-electron chi connectivity index (χ1n) is 10.4. The molecule has 1 amide bonds. The van der Waals surface area contributed by atoms with Crippen LogP contribution in [0, 0.1) is 5.82 Å². The quantitative estimate of drug-likeness (QED) is 0.306. The summed E-state index contributed by atoms with van der Waals surface area (Å²) >= 11 is 2.53. The summed E-state index contributed by atoms with van der Waals surface area (Å²) in [5.74, 6) is -0.859. The van der Waals surface area contributed by atoms with Gasteiger partial charge in [0, 0.05) is 10.9 Å². The fourth-order valence-electron chi connectivity index (χ4n) is 3.99. The van der Waals surface area contributed by atoms with Crippen molar-refractivity contribution in [3.05, 3.63) is 75.1 Å². The minimum Gasteiger partial charge on any atom is -0.323 e. The molecule has 162 valence electrons. The van der Waals surface area contributed by atoms with Gasteiger partial charge in [-0.2, -0.15) is 0 Å². The van der Waals surface area contributed by atoms with Crippen molar-refractivity contribution in [3.63, 3.8) is 0 Å². The van der Waals surface area contributed by atoms with E-state index in [1.807, 2.05) is 5.38 Å². The van der Waals surface area contributed by atoms with Crippen LogP contribution in [0.5, 0.6) is 0 Å². The SMILES string of the molecule is O=C(CSc1nc2scc(-c3ccc4c(c3)CCCC4)c2c(=O)[nH]1)Nc1ccccc1F. The summed E-state index contributed by atoms with van der Waals surface area (Å²) in [6, 6.07) is 12.4. The van der Waals surface area contributed by atoms with Crippen molar-refractivity contribution < 1.29 is 9.18 Å². The van der Waals surface area contributed by atoms with Gasteiger partial charge in [-0.15, -0.1) is 11.3 Å². The fourth-order valence-corrected chi connectivity index (χ4v) is 5.66. The number of para-hydroxylation sites is 1. The number of aromatic nitrogens is 2. The van der Waals surface area contributed by atoms with Gasteiger partial charge in [-0.1, -0.05) is 42.1 Å². The summed E-state index contributed by atoms with van der Waals surface area (Å²) in [7, 11) is 0. The molecule has 0 radical (unpaired) electrons. The van der Waals surface area contributed by atoms with E-state index in [-0.39, 0.29) is 22.9 Å². The molecule has 0 atom stereocenters. The Labute approximate surface area is 192 Å². The lowest BCUT2D eigenvalue weighted by atomic mass is 9.89. The van der Waals surface area contributed by atoms with E-state index >= 15 is 0 Å². The molecule has 1 aliphatic rings. The number of amides is 1. The molecule has 0 bridgehead atoms. The Morgan fingerprint density at radius 1 is 1.16 bits per heavy atom. The van der Waals surface area contributed by atoms with Gasteiger partial charge in [-0.25, -0.2) is 9.37 Å². The number of aryl methyl sites for hydroxylation is 2. The lowest BCUT2D eigenvalue weighted by molar-refractivity contribution is -0.113. The molecule has 1 aliphatic carbocycles. The van der Waals surface area contributed by atoms with Gasteiger partial charge in [-0.05, 0) is 54.5 Å². The zero-order valence-electron chi connectivity index (χ0n) is 17.1. The van der Waals surface area contributed by atoms with Gasteiger partial charge in [0.1, 0.15) is 10.6 Å². The van der Waals surface area contributed by atoms with E-state index in [1.54, 1.807) is 12.1 Å². The van der Waals surface area contributed by atoms with E-state index < -0.39 is 5.82 Å². The van der Waals surface area contributed by atoms with Crippen molar-refractivity contribution in [1.82, 2.24) is 9.97 Å². The van der Waals surface area contributed by atoms with E-state index in [4.69, 9.17) is 0 Å². The first-order valence-corrected chi connectivity index (χ1v) is 12.3. The third kappa shape index (κ3) is 4.20. The molecule has 0 saturated carbocycles. The summed E-state index contributed by atoms with van der Waals surface area (Å²) in [6.45, 7) is 0. The molecule has 0 unspecified atom stereocenters. The molecule has 0 aliphatic heterocycles. The number of aromatic amines is 1. The van der Waals surface area contributed by atoms with E-state index in [9.17, 15) is 14.0 Å². The molecule has 2 aromatic carbocycles. The average molecular weight is 466 g/mol. The van der Waals surface area contributed by atoms with E-state index in [0.29, 0.717) is 15.4 Å². The number of nitrogens with one attached hydrogen (secondary N) is 2. The molecule has 4 aromatic rings. The number of thiophene rings is 1. The Hall–Kier alpha value is -2.97. The maximum Gasteiger partial charge on any atom is 0.260 e. The molecule has 5 rings (SSSR count). The van der Waals surface area contributed by atoms with Crippen LogP contribution in [0.2, 0.25) is 0 Å². The minimum atomic E-state index is -0.493. The molecule has 8 heteroatoms. The highest BCUT2D eigenvalue weighted by molar-refractivity contribution is 7.99. The molecule has 2 aromatic heterocycles. The average Bonchev–Trinajstić information content (AvgIpc) is 3.24. The highest BCUT2D eigenvalue weighted by atomic mass is 32.2. The van der Waals surface area contributed by atoms with E-state index in [1.165, 1.54) is 47.4 Å². The topological polar surface area (TPSA) is 74.8 Å². The molecule has 0 fully saturated rings. The summed E-state index contributed by atoms with van der Waals surface area (Å²) in [4.78, 5) is 33.0. The number of H-pyrrole nitrogens is 1. The third-order valence-corrected chi connectivity index (χ3v) is 7.32. The third-order valence-electron chi connectivity index (χ3n) is 5.57. The largest absolute Gasteiger partial charge is 0.323 e. The maximum atomic E-state index is 13.7. The van der Waals surface area contributed by atoms with Gasteiger partial charge in [-0.3, -0.25) is 9.59 Å². The van der Waals surface area contributed by atoms with Crippen molar-refractivity contribution in [2.45, 2.75) is 30.8 Å². The van der Waals surface area contributed by atoms with Crippen molar-refractivity contribution >= 4 is 44.9 Å². The van der Waals surface area contributed by atoms with Crippen molar-refractivity contribution in [2.24, 2.45) is 0 Å². The van der Waals surface area contributed by atoms with Crippen LogP contribution in [0.1, 0.15) is 24.0 Å². The smallest absolute Gasteiger partial charge is 0.260 e. The van der Waals surface area contributed by atoms with E-state index in [0.717, 1.165) is 35.7 Å². The number of carbonyl (C=O) groups is 1. The number of benzene rings is 2. The second-order valence-electron chi connectivity index (χ2n) is 7.71. The van der Waals surface area contributed by atoms with Crippen LogP contribution in [0.15, 0.2) is 57.8 Å². The van der Waals surface area contributed by atoms with Gasteiger partial charge in [0.15, 0.2) is 5.16 Å². The standard InChI is InChI=1S/C24H20FN3O2S2/c25-18-7-3-4-8-19(18)26-20(29)13-32-24-27-22(30)21-17(12-31-23(21)28-24)16-10-9-14-5-1-2-6-15(14)11-16/h3-4,7-12H,1-2,5-6,13H2,(H,26,29)(H,27,28,30). The molecule has 2 N–H and O–H groups in total. The van der Waals surface area contributed by atoms with Gasteiger partial charge < -0.3 is 10.3 Å². The number of fused-ring (bicyclic) bond motifs is 2. The Balaban J connectivity index is 1.35. The number of hydrogen-bond acceptors (Lipinski definition) is 5. The molecular formula is C24H20FN3O2S2. The Morgan fingerprint density at radius 3 is 2.81 bits per heavy atom. The van der Waals surface area contributed by atoms with Gasteiger partial charge >= 0.3 is 0 Å². The first-order chi connectivity index (χ1) is 15.6. The number of hydrogen-bond donors (Lipinski definition) is 2. The fraction of sp³-hybridized carbons (Fsp3) is 0.208. The van der Waals surface area contributed by atoms with E-state index in [2.05, 4.69) is 33.5 Å². The van der Waals surface area contributed by atoms with Gasteiger partial charge in [0.05, 0.1) is 16.8 Å². The molecule has 5 nitrogen and oxygen atoms in total. The summed E-state index contributed by atoms with van der Waals surface area (Å²) in [5, 5.41) is 5.44. The minimum absolute atomic E-state index is 0.00579.